The first-order chi connectivity index (χ1) is 6.83. The number of rotatable bonds is 3. The van der Waals surface area contributed by atoms with Gasteiger partial charge in [-0.2, -0.15) is 18.3 Å². The highest BCUT2D eigenvalue weighted by Crippen LogP contribution is 2.29. The van der Waals surface area contributed by atoms with Crippen LogP contribution in [0, 0.1) is 0 Å². The molecule has 3 nitrogen and oxygen atoms in total. The number of alkyl halides is 3. The Hall–Kier alpha value is -1.04. The number of aromatic nitrogens is 2. The lowest BCUT2D eigenvalue weighted by Crippen LogP contribution is -2.20. The Kier molecular flexibility index (Phi) is 3.38. The van der Waals surface area contributed by atoms with Crippen LogP contribution in [0.1, 0.15) is 30.6 Å². The second kappa shape index (κ2) is 4.22. The Morgan fingerprint density at radius 1 is 1.53 bits per heavy atom. The predicted octanol–water partition coefficient (Wildman–Crippen LogP) is 1.93. The van der Waals surface area contributed by atoms with Gasteiger partial charge in [0.15, 0.2) is 0 Å². The molecule has 0 spiro atoms. The normalized spacial score (nSPS) is 14.3. The van der Waals surface area contributed by atoms with E-state index in [0.29, 0.717) is 17.7 Å². The monoisotopic (exact) mass is 221 g/mol. The SMILES string of the molecule is CCc1nn(C)cc1C(N)CC(F)(F)F. The van der Waals surface area contributed by atoms with Gasteiger partial charge in [-0.25, -0.2) is 0 Å². The molecule has 1 rings (SSSR count). The van der Waals surface area contributed by atoms with Crippen molar-refractivity contribution in [2.75, 3.05) is 0 Å². The van der Waals surface area contributed by atoms with Gasteiger partial charge in [0.05, 0.1) is 12.1 Å². The van der Waals surface area contributed by atoms with Gasteiger partial charge in [-0.15, -0.1) is 0 Å². The third-order valence-electron chi connectivity index (χ3n) is 2.12. The molecule has 2 N–H and O–H groups in total. The number of halogens is 3. The largest absolute Gasteiger partial charge is 0.390 e. The van der Waals surface area contributed by atoms with Crippen LogP contribution in [-0.2, 0) is 13.5 Å². The summed E-state index contributed by atoms with van der Waals surface area (Å²) in [5, 5.41) is 4.05. The number of nitrogens with two attached hydrogens (primary N) is 1. The van der Waals surface area contributed by atoms with Crippen LogP contribution in [-0.4, -0.2) is 16.0 Å². The lowest BCUT2D eigenvalue weighted by molar-refractivity contribution is -0.138. The summed E-state index contributed by atoms with van der Waals surface area (Å²) in [6.45, 7) is 1.84. The fraction of sp³-hybridized carbons (Fsp3) is 0.667. The maximum atomic E-state index is 12.1. The molecule has 0 fully saturated rings. The fourth-order valence-corrected chi connectivity index (χ4v) is 1.50. The second-order valence-electron chi connectivity index (χ2n) is 3.48. The van der Waals surface area contributed by atoms with Crippen molar-refractivity contribution in [1.82, 2.24) is 9.78 Å². The minimum absolute atomic E-state index is 0.484. The zero-order valence-corrected chi connectivity index (χ0v) is 8.67. The molecule has 0 amide bonds. The lowest BCUT2D eigenvalue weighted by atomic mass is 10.0. The Labute approximate surface area is 86.1 Å². The van der Waals surface area contributed by atoms with Crippen molar-refractivity contribution < 1.29 is 13.2 Å². The van der Waals surface area contributed by atoms with E-state index < -0.39 is 18.6 Å². The van der Waals surface area contributed by atoms with Crippen LogP contribution in [0.4, 0.5) is 13.2 Å². The van der Waals surface area contributed by atoms with Gasteiger partial charge >= 0.3 is 6.18 Å². The highest BCUT2D eigenvalue weighted by molar-refractivity contribution is 5.21. The van der Waals surface area contributed by atoms with E-state index in [9.17, 15) is 13.2 Å². The van der Waals surface area contributed by atoms with Crippen molar-refractivity contribution in [2.24, 2.45) is 12.8 Å². The summed E-state index contributed by atoms with van der Waals surface area (Å²) in [5.41, 5.74) is 6.61. The van der Waals surface area contributed by atoms with Gasteiger partial charge in [0.2, 0.25) is 0 Å². The zero-order valence-electron chi connectivity index (χ0n) is 8.67. The molecule has 1 heterocycles. The summed E-state index contributed by atoms with van der Waals surface area (Å²) in [6, 6.07) is -1.02. The molecule has 0 aromatic carbocycles. The average molecular weight is 221 g/mol. The molecular weight excluding hydrogens is 207 g/mol. The summed E-state index contributed by atoms with van der Waals surface area (Å²) < 4.78 is 37.9. The highest BCUT2D eigenvalue weighted by atomic mass is 19.4. The molecule has 1 unspecified atom stereocenters. The minimum atomic E-state index is -4.24. The number of hydrogen-bond donors (Lipinski definition) is 1. The highest BCUT2D eigenvalue weighted by Gasteiger charge is 2.32. The van der Waals surface area contributed by atoms with Crippen molar-refractivity contribution in [2.45, 2.75) is 32.0 Å². The van der Waals surface area contributed by atoms with Crippen LogP contribution in [0.5, 0.6) is 0 Å². The smallest absolute Gasteiger partial charge is 0.324 e. The van der Waals surface area contributed by atoms with Gasteiger partial charge < -0.3 is 5.73 Å². The van der Waals surface area contributed by atoms with E-state index in [4.69, 9.17) is 5.73 Å². The predicted molar refractivity (Wildman–Crippen MR) is 50.2 cm³/mol. The molecule has 0 saturated carbocycles. The molecule has 0 aliphatic heterocycles. The Bertz CT molecular complexity index is 330. The van der Waals surface area contributed by atoms with Gasteiger partial charge in [0.25, 0.3) is 0 Å². The van der Waals surface area contributed by atoms with Gasteiger partial charge in [-0.3, -0.25) is 4.68 Å². The molecule has 15 heavy (non-hydrogen) atoms. The quantitative estimate of drug-likeness (QED) is 0.847. The summed E-state index contributed by atoms with van der Waals surface area (Å²) in [7, 11) is 1.67. The van der Waals surface area contributed by atoms with E-state index in [-0.39, 0.29) is 0 Å². The van der Waals surface area contributed by atoms with E-state index >= 15 is 0 Å². The number of aryl methyl sites for hydroxylation is 2. The Balaban J connectivity index is 2.85. The number of nitrogens with zero attached hydrogens (tertiary/aromatic N) is 2. The number of hydrogen-bond acceptors (Lipinski definition) is 2. The van der Waals surface area contributed by atoms with Crippen molar-refractivity contribution >= 4 is 0 Å². The topological polar surface area (TPSA) is 43.8 Å². The maximum absolute atomic E-state index is 12.1. The first-order valence-corrected chi connectivity index (χ1v) is 4.68. The first kappa shape index (κ1) is 12.0. The Morgan fingerprint density at radius 3 is 2.60 bits per heavy atom. The standard InChI is InChI=1S/C9H14F3N3/c1-3-8-6(5-15(2)14-8)7(13)4-9(10,11)12/h5,7H,3-4,13H2,1-2H3. The van der Waals surface area contributed by atoms with Crippen LogP contribution in [0.2, 0.25) is 0 Å². The average Bonchev–Trinajstić information content (AvgIpc) is 2.43. The fourth-order valence-electron chi connectivity index (χ4n) is 1.50. The van der Waals surface area contributed by atoms with Crippen molar-refractivity contribution in [3.63, 3.8) is 0 Å². The van der Waals surface area contributed by atoms with Gasteiger partial charge in [0.1, 0.15) is 0 Å². The van der Waals surface area contributed by atoms with Gasteiger partial charge in [-0.1, -0.05) is 6.92 Å². The van der Waals surface area contributed by atoms with E-state index in [0.717, 1.165) is 0 Å². The third kappa shape index (κ3) is 3.23. The summed E-state index contributed by atoms with van der Waals surface area (Å²) in [5.74, 6) is 0. The molecular formula is C9H14F3N3. The van der Waals surface area contributed by atoms with E-state index in [1.807, 2.05) is 6.92 Å². The van der Waals surface area contributed by atoms with E-state index in [1.165, 1.54) is 4.68 Å². The minimum Gasteiger partial charge on any atom is -0.324 e. The lowest BCUT2D eigenvalue weighted by Gasteiger charge is -2.13. The molecule has 0 saturated heterocycles. The molecule has 1 atom stereocenters. The maximum Gasteiger partial charge on any atom is 0.390 e. The third-order valence-corrected chi connectivity index (χ3v) is 2.12. The molecule has 1 aromatic heterocycles. The molecule has 0 aliphatic rings. The van der Waals surface area contributed by atoms with Crippen LogP contribution in [0.3, 0.4) is 0 Å². The van der Waals surface area contributed by atoms with Crippen LogP contribution < -0.4 is 5.73 Å². The summed E-state index contributed by atoms with van der Waals surface area (Å²) in [4.78, 5) is 0. The first-order valence-electron chi connectivity index (χ1n) is 4.68. The van der Waals surface area contributed by atoms with Crippen molar-refractivity contribution in [3.05, 3.63) is 17.5 Å². The molecule has 1 aromatic rings. The summed E-state index contributed by atoms with van der Waals surface area (Å²) in [6.07, 6.45) is -3.11. The molecule has 6 heteroatoms. The van der Waals surface area contributed by atoms with E-state index in [2.05, 4.69) is 5.10 Å². The molecule has 0 aliphatic carbocycles. The van der Waals surface area contributed by atoms with E-state index in [1.54, 1.807) is 13.2 Å². The van der Waals surface area contributed by atoms with Crippen molar-refractivity contribution in [3.8, 4) is 0 Å². The van der Waals surface area contributed by atoms with Gasteiger partial charge in [-0.05, 0) is 6.42 Å². The zero-order chi connectivity index (χ0) is 11.6. The molecule has 0 bridgehead atoms. The molecule has 86 valence electrons. The summed E-state index contributed by atoms with van der Waals surface area (Å²) >= 11 is 0. The molecule has 0 radical (unpaired) electrons. The Morgan fingerprint density at radius 2 is 2.13 bits per heavy atom. The van der Waals surface area contributed by atoms with Crippen LogP contribution >= 0.6 is 0 Å². The second-order valence-corrected chi connectivity index (χ2v) is 3.48. The van der Waals surface area contributed by atoms with Crippen molar-refractivity contribution in [1.29, 1.82) is 0 Å². The van der Waals surface area contributed by atoms with Gasteiger partial charge in [0, 0.05) is 24.8 Å². The van der Waals surface area contributed by atoms with Crippen LogP contribution in [0.25, 0.3) is 0 Å². The van der Waals surface area contributed by atoms with Crippen LogP contribution in [0.15, 0.2) is 6.20 Å².